The van der Waals surface area contributed by atoms with Crippen LogP contribution in [0.1, 0.15) is 11.1 Å². The zero-order valence-corrected chi connectivity index (χ0v) is 7.79. The largest absolute Gasteiger partial charge is 0.497 e. The minimum Gasteiger partial charge on any atom is -0.497 e. The summed E-state index contributed by atoms with van der Waals surface area (Å²) in [6.07, 6.45) is 0. The van der Waals surface area contributed by atoms with Gasteiger partial charge in [-0.15, -0.1) is 0 Å². The molecule has 1 aromatic carbocycles. The van der Waals surface area contributed by atoms with E-state index in [1.165, 1.54) is 0 Å². The molecule has 0 bridgehead atoms. The van der Waals surface area contributed by atoms with Gasteiger partial charge in [0, 0.05) is 6.54 Å². The van der Waals surface area contributed by atoms with Crippen molar-refractivity contribution in [2.45, 2.75) is 6.54 Å². The van der Waals surface area contributed by atoms with Crippen molar-refractivity contribution in [1.29, 1.82) is 5.26 Å². The lowest BCUT2D eigenvalue weighted by Crippen LogP contribution is -2.06. The van der Waals surface area contributed by atoms with Crippen molar-refractivity contribution < 1.29 is 4.74 Å². The van der Waals surface area contributed by atoms with Gasteiger partial charge >= 0.3 is 0 Å². The molecule has 0 aliphatic heterocycles. The molecule has 0 aromatic heterocycles. The van der Waals surface area contributed by atoms with E-state index >= 15 is 0 Å². The summed E-state index contributed by atoms with van der Waals surface area (Å²) in [5.74, 6) is 0.782. The fraction of sp³-hybridized carbons (Fsp3) is 0.300. The van der Waals surface area contributed by atoms with Gasteiger partial charge in [-0.2, -0.15) is 5.26 Å². The van der Waals surface area contributed by atoms with Gasteiger partial charge < -0.3 is 10.1 Å². The zero-order valence-electron chi connectivity index (χ0n) is 7.79. The monoisotopic (exact) mass is 176 g/mol. The van der Waals surface area contributed by atoms with E-state index in [-0.39, 0.29) is 0 Å². The number of benzene rings is 1. The first-order valence-corrected chi connectivity index (χ1v) is 4.03. The second kappa shape index (κ2) is 4.48. The van der Waals surface area contributed by atoms with Gasteiger partial charge in [-0.05, 0) is 30.8 Å². The molecule has 3 heteroatoms. The normalized spacial score (nSPS) is 9.31. The molecule has 0 radical (unpaired) electrons. The highest BCUT2D eigenvalue weighted by molar-refractivity contribution is 5.42. The van der Waals surface area contributed by atoms with Gasteiger partial charge in [0.2, 0.25) is 0 Å². The van der Waals surface area contributed by atoms with Gasteiger partial charge in [-0.1, -0.05) is 0 Å². The van der Waals surface area contributed by atoms with Gasteiger partial charge in [-0.3, -0.25) is 0 Å². The van der Waals surface area contributed by atoms with Crippen LogP contribution in [0, 0.1) is 11.3 Å². The van der Waals surface area contributed by atoms with Crippen LogP contribution in [0.25, 0.3) is 0 Å². The van der Waals surface area contributed by atoms with Gasteiger partial charge in [0.05, 0.1) is 18.7 Å². The maximum Gasteiger partial charge on any atom is 0.119 e. The molecule has 0 spiro atoms. The summed E-state index contributed by atoms with van der Waals surface area (Å²) in [7, 11) is 3.46. The second-order valence-electron chi connectivity index (χ2n) is 2.67. The maximum absolute atomic E-state index is 8.79. The van der Waals surface area contributed by atoms with Crippen molar-refractivity contribution in [3.8, 4) is 11.8 Å². The molecule has 0 atom stereocenters. The van der Waals surface area contributed by atoms with Crippen molar-refractivity contribution in [2.75, 3.05) is 14.2 Å². The van der Waals surface area contributed by atoms with Crippen molar-refractivity contribution in [2.24, 2.45) is 0 Å². The van der Waals surface area contributed by atoms with Crippen LogP contribution in [0.2, 0.25) is 0 Å². The number of methoxy groups -OCH3 is 1. The van der Waals surface area contributed by atoms with Gasteiger partial charge in [0.25, 0.3) is 0 Å². The van der Waals surface area contributed by atoms with Crippen molar-refractivity contribution in [3.05, 3.63) is 29.3 Å². The molecule has 1 N–H and O–H groups in total. The molecule has 3 nitrogen and oxygen atoms in total. The molecule has 0 saturated carbocycles. The van der Waals surface area contributed by atoms with Crippen LogP contribution in [0.3, 0.4) is 0 Å². The van der Waals surface area contributed by atoms with E-state index in [9.17, 15) is 0 Å². The van der Waals surface area contributed by atoms with Gasteiger partial charge in [0.1, 0.15) is 5.75 Å². The summed E-state index contributed by atoms with van der Waals surface area (Å²) >= 11 is 0. The minimum absolute atomic E-state index is 0.681. The Morgan fingerprint density at radius 1 is 1.54 bits per heavy atom. The van der Waals surface area contributed by atoms with Crippen molar-refractivity contribution in [1.82, 2.24) is 5.32 Å². The third-order valence-electron chi connectivity index (χ3n) is 1.80. The molecule has 0 fully saturated rings. The average molecular weight is 176 g/mol. The lowest BCUT2D eigenvalue weighted by Gasteiger charge is -2.05. The van der Waals surface area contributed by atoms with Crippen LogP contribution in [0.5, 0.6) is 5.75 Å². The standard InChI is InChI=1S/C10H12N2O/c1-12-7-9-5-10(13-2)4-3-8(9)6-11/h3-5,12H,7H2,1-2H3. The average Bonchev–Trinajstić information content (AvgIpc) is 2.18. The van der Waals surface area contributed by atoms with Crippen LogP contribution in [0.4, 0.5) is 0 Å². The number of hydrogen-bond donors (Lipinski definition) is 1. The number of ether oxygens (including phenoxy) is 1. The first-order chi connectivity index (χ1) is 6.31. The third kappa shape index (κ3) is 2.20. The highest BCUT2D eigenvalue weighted by Gasteiger charge is 2.02. The molecule has 0 amide bonds. The molecule has 68 valence electrons. The summed E-state index contributed by atoms with van der Waals surface area (Å²) in [5, 5.41) is 11.8. The molecule has 13 heavy (non-hydrogen) atoms. The molecular weight excluding hydrogens is 164 g/mol. The van der Waals surface area contributed by atoms with Crippen LogP contribution in [0.15, 0.2) is 18.2 Å². The Morgan fingerprint density at radius 2 is 2.31 bits per heavy atom. The number of hydrogen-bond acceptors (Lipinski definition) is 3. The fourth-order valence-corrected chi connectivity index (χ4v) is 1.14. The Labute approximate surface area is 77.9 Å². The Balaban J connectivity index is 3.04. The highest BCUT2D eigenvalue weighted by Crippen LogP contribution is 2.16. The van der Waals surface area contributed by atoms with Gasteiger partial charge in [0.15, 0.2) is 0 Å². The van der Waals surface area contributed by atoms with E-state index in [0.717, 1.165) is 11.3 Å². The highest BCUT2D eigenvalue weighted by atomic mass is 16.5. The Hall–Kier alpha value is -1.53. The molecule has 0 saturated heterocycles. The molecule has 1 aromatic rings. The van der Waals surface area contributed by atoms with E-state index < -0.39 is 0 Å². The lowest BCUT2D eigenvalue weighted by molar-refractivity contribution is 0.414. The molecular formula is C10H12N2O. The Kier molecular flexibility index (Phi) is 3.30. The molecule has 1 rings (SSSR count). The summed E-state index contributed by atoms with van der Waals surface area (Å²) in [5.41, 5.74) is 1.65. The second-order valence-corrected chi connectivity index (χ2v) is 2.67. The van der Waals surface area contributed by atoms with Crippen LogP contribution in [-0.2, 0) is 6.54 Å². The predicted molar refractivity (Wildman–Crippen MR) is 50.5 cm³/mol. The first kappa shape index (κ1) is 9.56. The van der Waals surface area contributed by atoms with E-state index in [0.29, 0.717) is 12.1 Å². The third-order valence-corrected chi connectivity index (χ3v) is 1.80. The molecule has 0 heterocycles. The Bertz CT molecular complexity index is 328. The number of rotatable bonds is 3. The molecule has 0 aliphatic carbocycles. The quantitative estimate of drug-likeness (QED) is 0.754. The maximum atomic E-state index is 8.79. The lowest BCUT2D eigenvalue weighted by atomic mass is 10.1. The van der Waals surface area contributed by atoms with E-state index in [1.807, 2.05) is 13.1 Å². The number of nitrogens with one attached hydrogen (secondary N) is 1. The van der Waals surface area contributed by atoms with E-state index in [1.54, 1.807) is 19.2 Å². The van der Waals surface area contributed by atoms with Crippen LogP contribution < -0.4 is 10.1 Å². The van der Waals surface area contributed by atoms with Gasteiger partial charge in [-0.25, -0.2) is 0 Å². The summed E-state index contributed by atoms with van der Waals surface area (Å²) in [6.45, 7) is 0.681. The smallest absolute Gasteiger partial charge is 0.119 e. The zero-order chi connectivity index (χ0) is 9.68. The summed E-state index contributed by atoms with van der Waals surface area (Å²) < 4.78 is 5.06. The van der Waals surface area contributed by atoms with E-state index in [4.69, 9.17) is 10.00 Å². The minimum atomic E-state index is 0.681. The summed E-state index contributed by atoms with van der Waals surface area (Å²) in [6, 6.07) is 7.56. The van der Waals surface area contributed by atoms with E-state index in [2.05, 4.69) is 11.4 Å². The number of nitrogens with zero attached hydrogens (tertiary/aromatic N) is 1. The number of nitriles is 1. The Morgan fingerprint density at radius 3 is 2.85 bits per heavy atom. The fourth-order valence-electron chi connectivity index (χ4n) is 1.14. The van der Waals surface area contributed by atoms with Crippen molar-refractivity contribution in [3.63, 3.8) is 0 Å². The first-order valence-electron chi connectivity index (χ1n) is 4.03. The van der Waals surface area contributed by atoms with Crippen molar-refractivity contribution >= 4 is 0 Å². The summed E-state index contributed by atoms with van der Waals surface area (Å²) in [4.78, 5) is 0. The molecule has 0 aliphatic rings. The van der Waals surface area contributed by atoms with Crippen LogP contribution >= 0.6 is 0 Å². The predicted octanol–water partition coefficient (Wildman–Crippen LogP) is 1.29. The SMILES string of the molecule is CNCc1cc(OC)ccc1C#N. The molecule has 0 unspecified atom stereocenters. The van der Waals surface area contributed by atoms with Crippen LogP contribution in [-0.4, -0.2) is 14.2 Å². The topological polar surface area (TPSA) is 45.0 Å².